The molecule has 218 valence electrons. The van der Waals surface area contributed by atoms with Crippen LogP contribution in [0.25, 0.3) is 0 Å². The summed E-state index contributed by atoms with van der Waals surface area (Å²) in [4.78, 5) is 34.5. The van der Waals surface area contributed by atoms with Crippen LogP contribution in [0.5, 0.6) is 0 Å². The Balaban J connectivity index is 0.000000426. The fraction of sp³-hybridized carbons (Fsp3) is 0.762. The molecule has 0 aromatic carbocycles. The second-order valence-electron chi connectivity index (χ2n) is 9.15. The predicted molar refractivity (Wildman–Crippen MR) is 120 cm³/mol. The predicted octanol–water partition coefficient (Wildman–Crippen LogP) is 1.99. The van der Waals surface area contributed by atoms with Gasteiger partial charge in [0.1, 0.15) is 0 Å². The number of carboxylic acids is 2. The van der Waals surface area contributed by atoms with Gasteiger partial charge in [-0.3, -0.25) is 14.4 Å². The highest BCUT2D eigenvalue weighted by molar-refractivity contribution is 5.86. The lowest BCUT2D eigenvalue weighted by Gasteiger charge is -2.40. The van der Waals surface area contributed by atoms with Crippen molar-refractivity contribution in [1.82, 2.24) is 30.1 Å². The summed E-state index contributed by atoms with van der Waals surface area (Å²) in [5, 5.41) is 25.8. The zero-order valence-corrected chi connectivity index (χ0v) is 21.1. The van der Waals surface area contributed by atoms with Gasteiger partial charge in [-0.2, -0.15) is 26.3 Å². The molecule has 2 saturated heterocycles. The van der Waals surface area contributed by atoms with E-state index in [1.165, 1.54) is 25.9 Å². The quantitative estimate of drug-likeness (QED) is 0.460. The molecule has 17 heteroatoms. The van der Waals surface area contributed by atoms with Gasteiger partial charge >= 0.3 is 24.3 Å². The van der Waals surface area contributed by atoms with E-state index in [9.17, 15) is 31.1 Å². The average Bonchev–Trinajstić information content (AvgIpc) is 3.24. The van der Waals surface area contributed by atoms with Gasteiger partial charge in [0.15, 0.2) is 0 Å². The van der Waals surface area contributed by atoms with Crippen LogP contribution in [0, 0.1) is 5.92 Å². The first-order chi connectivity index (χ1) is 17.4. The van der Waals surface area contributed by atoms with Crippen LogP contribution in [0.15, 0.2) is 6.20 Å². The molecule has 2 aliphatic rings. The van der Waals surface area contributed by atoms with Gasteiger partial charge in [0, 0.05) is 32.4 Å². The van der Waals surface area contributed by atoms with Crippen LogP contribution < -0.4 is 5.32 Å². The summed E-state index contributed by atoms with van der Waals surface area (Å²) in [7, 11) is 0. The second-order valence-corrected chi connectivity index (χ2v) is 9.15. The minimum Gasteiger partial charge on any atom is -0.475 e. The van der Waals surface area contributed by atoms with E-state index in [4.69, 9.17) is 19.8 Å². The number of hydrogen-bond acceptors (Lipinski definition) is 7. The lowest BCUT2D eigenvalue weighted by molar-refractivity contribution is -0.193. The number of alkyl halides is 6. The van der Waals surface area contributed by atoms with Crippen molar-refractivity contribution in [1.29, 1.82) is 0 Å². The van der Waals surface area contributed by atoms with Crippen LogP contribution in [0.4, 0.5) is 26.3 Å². The molecule has 3 N–H and O–H groups in total. The molecule has 3 heterocycles. The third kappa shape index (κ3) is 10.8. The lowest BCUT2D eigenvalue weighted by Crippen LogP contribution is -2.61. The van der Waals surface area contributed by atoms with Crippen LogP contribution in [0.3, 0.4) is 0 Å². The zero-order chi connectivity index (χ0) is 29.3. The summed E-state index contributed by atoms with van der Waals surface area (Å²) in [6.45, 7) is 12.9. The van der Waals surface area contributed by atoms with E-state index in [2.05, 4.69) is 38.5 Å². The van der Waals surface area contributed by atoms with Crippen LogP contribution in [-0.2, 0) is 27.5 Å². The highest BCUT2D eigenvalue weighted by Crippen LogP contribution is 2.21. The molecule has 1 amide bonds. The Bertz CT molecular complexity index is 904. The van der Waals surface area contributed by atoms with Crippen molar-refractivity contribution in [3.8, 4) is 0 Å². The normalized spacial score (nSPS) is 18.9. The molecule has 0 atom stereocenters. The van der Waals surface area contributed by atoms with Gasteiger partial charge in [-0.1, -0.05) is 12.1 Å². The van der Waals surface area contributed by atoms with Crippen LogP contribution in [0.1, 0.15) is 39.3 Å². The summed E-state index contributed by atoms with van der Waals surface area (Å²) >= 11 is 0. The minimum absolute atomic E-state index is 0.0869. The second kappa shape index (κ2) is 13.7. The third-order valence-electron chi connectivity index (χ3n) is 6.04. The van der Waals surface area contributed by atoms with Crippen molar-refractivity contribution < 1.29 is 50.9 Å². The Morgan fingerprint density at radius 3 is 2.00 bits per heavy atom. The van der Waals surface area contributed by atoms with Crippen molar-refractivity contribution in [3.63, 3.8) is 0 Å². The monoisotopic (exact) mass is 562 g/mol. The van der Waals surface area contributed by atoms with Crippen LogP contribution in [0.2, 0.25) is 0 Å². The van der Waals surface area contributed by atoms with Crippen molar-refractivity contribution in [2.75, 3.05) is 32.7 Å². The molecule has 11 nitrogen and oxygen atoms in total. The molecule has 3 rings (SSSR count). The summed E-state index contributed by atoms with van der Waals surface area (Å²) < 4.78 is 65.5. The van der Waals surface area contributed by atoms with E-state index in [0.717, 1.165) is 25.3 Å². The number of nitrogens with one attached hydrogen (secondary N) is 1. The lowest BCUT2D eigenvalue weighted by atomic mass is 9.97. The van der Waals surface area contributed by atoms with Gasteiger partial charge in [0.2, 0.25) is 5.91 Å². The molecule has 38 heavy (non-hydrogen) atoms. The summed E-state index contributed by atoms with van der Waals surface area (Å²) in [6.07, 6.45) is -5.64. The smallest absolute Gasteiger partial charge is 0.475 e. The summed E-state index contributed by atoms with van der Waals surface area (Å²) in [5.74, 6) is -4.73. The van der Waals surface area contributed by atoms with E-state index in [-0.39, 0.29) is 5.91 Å². The Kier molecular flexibility index (Phi) is 12.0. The van der Waals surface area contributed by atoms with Gasteiger partial charge in [-0.25, -0.2) is 9.59 Å². The number of amides is 1. The maximum Gasteiger partial charge on any atom is 0.490 e. The standard InChI is InChI=1S/C17H30N6O.2C2HF3O2/c1-4-21-8-5-14(6-9-21)11-23-13-15(19-20-23)12-22-10-7-18-16(24)17(22,2)3;2*3-2(4,5)1(6)7/h13-14H,4-12H2,1-3H3,(H,18,24);2*(H,6,7). The molecule has 0 bridgehead atoms. The Morgan fingerprint density at radius 1 is 1.05 bits per heavy atom. The Morgan fingerprint density at radius 2 is 1.55 bits per heavy atom. The fourth-order valence-corrected chi connectivity index (χ4v) is 3.67. The molecule has 2 aliphatic heterocycles. The molecule has 1 aromatic rings. The molecule has 0 unspecified atom stereocenters. The van der Waals surface area contributed by atoms with Gasteiger partial charge < -0.3 is 20.4 Å². The van der Waals surface area contributed by atoms with Crippen LogP contribution in [-0.4, -0.2) is 103 Å². The van der Waals surface area contributed by atoms with E-state index in [1.807, 2.05) is 18.5 Å². The van der Waals surface area contributed by atoms with Gasteiger partial charge in [-0.15, -0.1) is 5.10 Å². The summed E-state index contributed by atoms with van der Waals surface area (Å²) in [6, 6.07) is 0. The SMILES string of the molecule is CCN1CCC(Cn2cc(CN3CCNC(=O)C3(C)C)nn2)CC1.O=C(O)C(F)(F)F.O=C(O)C(F)(F)F. The number of rotatable bonds is 5. The molecule has 0 aliphatic carbocycles. The first-order valence-electron chi connectivity index (χ1n) is 11.6. The van der Waals surface area contributed by atoms with Gasteiger partial charge in [-0.05, 0) is 52.2 Å². The highest BCUT2D eigenvalue weighted by Gasteiger charge is 2.39. The van der Waals surface area contributed by atoms with Crippen molar-refractivity contribution in [3.05, 3.63) is 11.9 Å². The number of carbonyl (C=O) groups is 3. The van der Waals surface area contributed by atoms with Gasteiger partial charge in [0.25, 0.3) is 0 Å². The highest BCUT2D eigenvalue weighted by atomic mass is 19.4. The largest absolute Gasteiger partial charge is 0.490 e. The van der Waals surface area contributed by atoms with E-state index in [0.29, 0.717) is 19.0 Å². The minimum atomic E-state index is -5.08. The number of hydrogen-bond donors (Lipinski definition) is 3. The Hall–Kier alpha value is -2.95. The first kappa shape index (κ1) is 33.1. The number of piperazine rings is 1. The van der Waals surface area contributed by atoms with Crippen molar-refractivity contribution in [2.24, 2.45) is 5.92 Å². The average molecular weight is 563 g/mol. The van der Waals surface area contributed by atoms with E-state index < -0.39 is 29.8 Å². The molecular weight excluding hydrogens is 530 g/mol. The first-order valence-corrected chi connectivity index (χ1v) is 11.6. The number of piperidine rings is 1. The zero-order valence-electron chi connectivity index (χ0n) is 21.1. The summed E-state index contributed by atoms with van der Waals surface area (Å²) in [5.41, 5.74) is 0.457. The number of aromatic nitrogens is 3. The fourth-order valence-electron chi connectivity index (χ4n) is 3.67. The van der Waals surface area contributed by atoms with E-state index in [1.54, 1.807) is 0 Å². The Labute approximate surface area is 214 Å². The molecular formula is C21H32F6N6O5. The number of nitrogens with zero attached hydrogens (tertiary/aromatic N) is 5. The van der Waals surface area contributed by atoms with E-state index >= 15 is 0 Å². The topological polar surface area (TPSA) is 141 Å². The maximum absolute atomic E-state index is 12.0. The number of aliphatic carboxylic acids is 2. The van der Waals surface area contributed by atoms with Crippen molar-refractivity contribution in [2.45, 2.75) is 64.6 Å². The molecule has 2 fully saturated rings. The maximum atomic E-state index is 12.0. The van der Waals surface area contributed by atoms with Gasteiger partial charge in [0.05, 0.1) is 11.2 Å². The van der Waals surface area contributed by atoms with Crippen LogP contribution >= 0.6 is 0 Å². The number of halogens is 6. The van der Waals surface area contributed by atoms with Crippen molar-refractivity contribution >= 4 is 17.8 Å². The third-order valence-corrected chi connectivity index (χ3v) is 6.04. The number of carboxylic acid groups (broad SMARTS) is 2. The number of carbonyl (C=O) groups excluding carboxylic acids is 1. The molecule has 0 spiro atoms. The molecule has 1 aromatic heterocycles. The molecule has 0 radical (unpaired) electrons. The number of likely N-dealkylation sites (tertiary alicyclic amines) is 1. The molecule has 0 saturated carbocycles.